The number of imide groups is 1. The molecule has 0 spiro atoms. The van der Waals surface area contributed by atoms with Crippen molar-refractivity contribution in [1.82, 2.24) is 20.4 Å². The second kappa shape index (κ2) is 10.7. The third-order valence-electron chi connectivity index (χ3n) is 5.31. The number of fused-ring (bicyclic) bond motifs is 1. The van der Waals surface area contributed by atoms with Gasteiger partial charge in [-0.05, 0) is 25.3 Å². The van der Waals surface area contributed by atoms with E-state index in [0.717, 1.165) is 44.9 Å². The fourth-order valence-corrected chi connectivity index (χ4v) is 3.70. The molecule has 1 aliphatic carbocycles. The highest BCUT2D eigenvalue weighted by Gasteiger charge is 2.21. The average Bonchev–Trinajstić information content (AvgIpc) is 3.26. The van der Waals surface area contributed by atoms with Crippen LogP contribution < -0.4 is 16.2 Å². The summed E-state index contributed by atoms with van der Waals surface area (Å²) in [6.07, 6.45) is 6.57. The molecule has 0 bridgehead atoms. The lowest BCUT2D eigenvalue weighted by Crippen LogP contribution is -2.45. The minimum Gasteiger partial charge on any atom is -0.451 e. The molecule has 0 atom stereocenters. The molecule has 1 aliphatic rings. The number of benzene rings is 1. The highest BCUT2D eigenvalue weighted by Crippen LogP contribution is 2.17. The van der Waals surface area contributed by atoms with Crippen LogP contribution in [0.4, 0.5) is 4.79 Å². The number of esters is 1. The number of rotatable bonds is 8. The fraction of sp³-hybridized carbons (Fsp3) is 0.500. The number of aryl methyl sites for hydroxylation is 1. The van der Waals surface area contributed by atoms with Gasteiger partial charge in [0.25, 0.3) is 11.5 Å². The molecule has 0 radical (unpaired) electrons. The average molecular weight is 428 g/mol. The molecule has 2 N–H and O–H groups in total. The molecule has 1 fully saturated rings. The van der Waals surface area contributed by atoms with Crippen LogP contribution in [0.5, 0.6) is 0 Å². The number of ether oxygens (including phenoxy) is 1. The summed E-state index contributed by atoms with van der Waals surface area (Å²) in [5.74, 6) is -1.56. The van der Waals surface area contributed by atoms with Crippen LogP contribution in [-0.4, -0.2) is 40.3 Å². The zero-order valence-corrected chi connectivity index (χ0v) is 17.7. The third kappa shape index (κ3) is 5.90. The van der Waals surface area contributed by atoms with E-state index in [9.17, 15) is 19.2 Å². The van der Waals surface area contributed by atoms with Gasteiger partial charge in [0.1, 0.15) is 0 Å². The Hall–Kier alpha value is -3.23. The van der Waals surface area contributed by atoms with Gasteiger partial charge in [0.2, 0.25) is 0 Å². The number of urea groups is 1. The largest absolute Gasteiger partial charge is 0.451 e. The van der Waals surface area contributed by atoms with Crippen LogP contribution in [-0.2, 0) is 16.1 Å². The number of carbonyl (C=O) groups excluding carboxylic acids is 3. The van der Waals surface area contributed by atoms with E-state index in [2.05, 4.69) is 22.7 Å². The van der Waals surface area contributed by atoms with Crippen LogP contribution in [0.3, 0.4) is 0 Å². The highest BCUT2D eigenvalue weighted by molar-refractivity contribution is 6.03. The Balaban J connectivity index is 1.66. The highest BCUT2D eigenvalue weighted by atomic mass is 16.5. The molecule has 3 rings (SSSR count). The summed E-state index contributed by atoms with van der Waals surface area (Å²) in [5, 5.41) is 9.82. The second-order valence-electron chi connectivity index (χ2n) is 7.71. The summed E-state index contributed by atoms with van der Waals surface area (Å²) in [6, 6.07) is 6.13. The van der Waals surface area contributed by atoms with Gasteiger partial charge in [0.15, 0.2) is 12.3 Å². The summed E-state index contributed by atoms with van der Waals surface area (Å²) in [6.45, 7) is 1.82. The smallest absolute Gasteiger partial charge is 0.359 e. The molecule has 3 amide bonds. The first-order valence-electron chi connectivity index (χ1n) is 10.8. The van der Waals surface area contributed by atoms with Crippen molar-refractivity contribution in [2.24, 2.45) is 0 Å². The number of nitrogens with one attached hydrogen (secondary N) is 2. The number of carbonyl (C=O) groups is 3. The van der Waals surface area contributed by atoms with E-state index in [1.165, 1.54) is 4.68 Å². The molecule has 166 valence electrons. The molecule has 0 unspecified atom stereocenters. The minimum absolute atomic E-state index is 0.0325. The van der Waals surface area contributed by atoms with Gasteiger partial charge in [-0.15, -0.1) is 0 Å². The van der Waals surface area contributed by atoms with E-state index in [-0.39, 0.29) is 17.3 Å². The number of aromatic nitrogens is 2. The Morgan fingerprint density at radius 3 is 2.55 bits per heavy atom. The Morgan fingerprint density at radius 1 is 1.13 bits per heavy atom. The van der Waals surface area contributed by atoms with E-state index in [1.54, 1.807) is 24.3 Å². The van der Waals surface area contributed by atoms with Gasteiger partial charge < -0.3 is 10.1 Å². The number of amides is 3. The van der Waals surface area contributed by atoms with Gasteiger partial charge in [0, 0.05) is 18.0 Å². The lowest BCUT2D eigenvalue weighted by Gasteiger charge is -2.13. The zero-order valence-electron chi connectivity index (χ0n) is 17.7. The SMILES string of the molecule is CCCCCn1nc(C(=O)OCC(=O)NC(=O)NC2CCCC2)c2ccccc2c1=O. The molecule has 31 heavy (non-hydrogen) atoms. The lowest BCUT2D eigenvalue weighted by molar-refractivity contribution is -0.123. The monoisotopic (exact) mass is 428 g/mol. The van der Waals surface area contributed by atoms with E-state index in [1.807, 2.05) is 0 Å². The predicted octanol–water partition coefficient (Wildman–Crippen LogP) is 2.51. The first-order valence-corrected chi connectivity index (χ1v) is 10.8. The van der Waals surface area contributed by atoms with Gasteiger partial charge >= 0.3 is 12.0 Å². The molecule has 1 saturated carbocycles. The van der Waals surface area contributed by atoms with E-state index < -0.39 is 24.5 Å². The topological polar surface area (TPSA) is 119 Å². The van der Waals surface area contributed by atoms with Crippen molar-refractivity contribution in [2.45, 2.75) is 64.5 Å². The van der Waals surface area contributed by atoms with Gasteiger partial charge in [-0.25, -0.2) is 14.3 Å². The van der Waals surface area contributed by atoms with Crippen molar-refractivity contribution in [2.75, 3.05) is 6.61 Å². The van der Waals surface area contributed by atoms with E-state index in [0.29, 0.717) is 17.3 Å². The first-order chi connectivity index (χ1) is 15.0. The van der Waals surface area contributed by atoms with Crippen LogP contribution >= 0.6 is 0 Å². The third-order valence-corrected chi connectivity index (χ3v) is 5.31. The molecule has 9 heteroatoms. The minimum atomic E-state index is -0.827. The Kier molecular flexibility index (Phi) is 7.75. The predicted molar refractivity (Wildman–Crippen MR) is 115 cm³/mol. The number of hydrogen-bond acceptors (Lipinski definition) is 6. The van der Waals surface area contributed by atoms with Crippen LogP contribution in [0.1, 0.15) is 62.4 Å². The van der Waals surface area contributed by atoms with Crippen molar-refractivity contribution < 1.29 is 19.1 Å². The Morgan fingerprint density at radius 2 is 1.84 bits per heavy atom. The summed E-state index contributed by atoms with van der Waals surface area (Å²) < 4.78 is 6.35. The quantitative estimate of drug-likeness (QED) is 0.492. The summed E-state index contributed by atoms with van der Waals surface area (Å²) >= 11 is 0. The first kappa shape index (κ1) is 22.5. The van der Waals surface area contributed by atoms with Crippen molar-refractivity contribution in [3.8, 4) is 0 Å². The van der Waals surface area contributed by atoms with Crippen molar-refractivity contribution in [3.05, 3.63) is 40.3 Å². The van der Waals surface area contributed by atoms with Crippen molar-refractivity contribution in [1.29, 1.82) is 0 Å². The molecular weight excluding hydrogens is 400 g/mol. The van der Waals surface area contributed by atoms with Crippen LogP contribution in [0, 0.1) is 0 Å². The van der Waals surface area contributed by atoms with Gasteiger partial charge in [0.05, 0.1) is 5.39 Å². The fourth-order valence-electron chi connectivity index (χ4n) is 3.70. The number of hydrogen-bond donors (Lipinski definition) is 2. The van der Waals surface area contributed by atoms with E-state index in [4.69, 9.17) is 4.74 Å². The standard InChI is InChI=1S/C22H28N4O5/c1-2-3-8-13-26-20(28)17-12-7-6-11-16(17)19(25-26)21(29)31-14-18(27)24-22(30)23-15-9-4-5-10-15/h6-7,11-12,15H,2-5,8-10,13-14H2,1H3,(H2,23,24,27,30). The molecule has 0 saturated heterocycles. The molecule has 1 heterocycles. The molecule has 1 aromatic carbocycles. The van der Waals surface area contributed by atoms with E-state index >= 15 is 0 Å². The van der Waals surface area contributed by atoms with Gasteiger partial charge in [-0.3, -0.25) is 14.9 Å². The van der Waals surface area contributed by atoms with Gasteiger partial charge in [-0.1, -0.05) is 50.8 Å². The van der Waals surface area contributed by atoms with Crippen molar-refractivity contribution >= 4 is 28.7 Å². The summed E-state index contributed by atoms with van der Waals surface area (Å²) in [5.41, 5.74) is -0.306. The van der Waals surface area contributed by atoms with Crippen molar-refractivity contribution in [3.63, 3.8) is 0 Å². The lowest BCUT2D eigenvalue weighted by atomic mass is 10.1. The van der Waals surface area contributed by atoms with Crippen LogP contribution in [0.25, 0.3) is 10.8 Å². The maximum Gasteiger partial charge on any atom is 0.359 e. The zero-order chi connectivity index (χ0) is 22.2. The molecule has 0 aliphatic heterocycles. The van der Waals surface area contributed by atoms with Gasteiger partial charge in [-0.2, -0.15) is 5.10 Å². The maximum absolute atomic E-state index is 12.7. The molecule has 2 aromatic rings. The molecule has 1 aromatic heterocycles. The summed E-state index contributed by atoms with van der Waals surface area (Å²) in [4.78, 5) is 49.2. The summed E-state index contributed by atoms with van der Waals surface area (Å²) in [7, 11) is 0. The van der Waals surface area contributed by atoms with Crippen LogP contribution in [0.15, 0.2) is 29.1 Å². The number of nitrogens with zero attached hydrogens (tertiary/aromatic N) is 2. The van der Waals surface area contributed by atoms with Crippen LogP contribution in [0.2, 0.25) is 0 Å². The Labute approximate surface area is 180 Å². The Bertz CT molecular complexity index is 1010. The second-order valence-corrected chi connectivity index (χ2v) is 7.71. The molecule has 9 nitrogen and oxygen atoms in total. The maximum atomic E-state index is 12.7. The molecular formula is C22H28N4O5. The normalized spacial score (nSPS) is 13.8. The number of unbranched alkanes of at least 4 members (excludes halogenated alkanes) is 2.